The average molecular weight is 498 g/mol. The van der Waals surface area contributed by atoms with Gasteiger partial charge in [-0.3, -0.25) is 14.8 Å². The van der Waals surface area contributed by atoms with E-state index in [9.17, 15) is 13.2 Å². The second kappa shape index (κ2) is 9.18. The first-order valence-electron chi connectivity index (χ1n) is 11.3. The maximum absolute atomic E-state index is 13.5. The first kappa shape index (κ1) is 23.1. The lowest BCUT2D eigenvalue weighted by Gasteiger charge is -2.33. The number of likely N-dealkylation sites (tertiary alicyclic amines) is 1. The Balaban J connectivity index is 1.45. The van der Waals surface area contributed by atoms with Crippen molar-refractivity contribution in [2.75, 3.05) is 17.6 Å². The van der Waals surface area contributed by atoms with Crippen molar-refractivity contribution in [1.29, 1.82) is 0 Å². The Kier molecular flexibility index (Phi) is 6.24. The third-order valence-corrected chi connectivity index (χ3v) is 8.45. The minimum Gasteiger partial charge on any atom is -0.325 e. The fraction of sp³-hybridized carbons (Fsp3) is 0.333. The number of primary sulfonamides is 1. The standard InChI is InChI=1S/C24H27N5O3S2/c1-15-4-3-10-29(15)23(17-9-11-33-14-17)24(30)26-18-7-8-21-20(13-18)22(28-27-21)16-5-2-6-19(12-16)34(25,31)32/h2,5-9,11-13,15,17,23H,3-4,10,14H2,1H3,(H,26,30)(H,27,28)(H2,25,31,32)/t15-,17?,23-/m0/s1. The van der Waals surface area contributed by atoms with Crippen LogP contribution in [-0.2, 0) is 14.8 Å². The number of carbonyl (C=O) groups is 1. The maximum atomic E-state index is 13.5. The molecule has 3 aromatic rings. The van der Waals surface area contributed by atoms with Gasteiger partial charge in [0.05, 0.1) is 16.5 Å². The van der Waals surface area contributed by atoms with Crippen LogP contribution in [0.5, 0.6) is 0 Å². The van der Waals surface area contributed by atoms with E-state index in [0.29, 0.717) is 23.0 Å². The van der Waals surface area contributed by atoms with E-state index in [2.05, 4.69) is 38.8 Å². The lowest BCUT2D eigenvalue weighted by Crippen LogP contribution is -2.50. The molecule has 1 aromatic heterocycles. The van der Waals surface area contributed by atoms with Gasteiger partial charge >= 0.3 is 0 Å². The maximum Gasteiger partial charge on any atom is 0.242 e. The van der Waals surface area contributed by atoms with Gasteiger partial charge in [0.25, 0.3) is 0 Å². The summed E-state index contributed by atoms with van der Waals surface area (Å²) in [5, 5.41) is 18.7. The fourth-order valence-corrected chi connectivity index (χ4v) is 6.38. The number of hydrogen-bond donors (Lipinski definition) is 3. The number of thioether (sulfide) groups is 1. The molecule has 2 aromatic carbocycles. The third-order valence-electron chi connectivity index (χ3n) is 6.61. The van der Waals surface area contributed by atoms with Crippen molar-refractivity contribution in [2.45, 2.75) is 36.7 Å². The molecule has 0 saturated carbocycles. The number of aromatic amines is 1. The number of rotatable bonds is 6. The van der Waals surface area contributed by atoms with Crippen molar-refractivity contribution in [3.63, 3.8) is 0 Å². The first-order chi connectivity index (χ1) is 16.3. The number of carbonyl (C=O) groups excluding carboxylic acids is 1. The van der Waals surface area contributed by atoms with E-state index in [1.165, 1.54) is 12.1 Å². The van der Waals surface area contributed by atoms with Crippen LogP contribution in [0.15, 0.2) is 58.8 Å². The minimum absolute atomic E-state index is 0.00785. The lowest BCUT2D eigenvalue weighted by molar-refractivity contribution is -0.122. The van der Waals surface area contributed by atoms with Gasteiger partial charge in [-0.25, -0.2) is 13.6 Å². The number of sulfonamides is 1. The van der Waals surface area contributed by atoms with Crippen LogP contribution in [0.2, 0.25) is 0 Å². The number of nitrogens with one attached hydrogen (secondary N) is 2. The van der Waals surface area contributed by atoms with Gasteiger partial charge in [0.2, 0.25) is 15.9 Å². The highest BCUT2D eigenvalue weighted by Crippen LogP contribution is 2.33. The number of anilines is 1. The van der Waals surface area contributed by atoms with Crippen LogP contribution in [0.4, 0.5) is 5.69 Å². The predicted molar refractivity (Wildman–Crippen MR) is 136 cm³/mol. The number of nitrogens with two attached hydrogens (primary N) is 1. The molecule has 4 N–H and O–H groups in total. The molecule has 1 fully saturated rings. The molecule has 5 rings (SSSR count). The van der Waals surface area contributed by atoms with Gasteiger partial charge in [-0.05, 0) is 62.1 Å². The molecule has 0 spiro atoms. The number of aromatic nitrogens is 2. The van der Waals surface area contributed by atoms with Crippen molar-refractivity contribution in [3.05, 3.63) is 53.9 Å². The van der Waals surface area contributed by atoms with E-state index in [1.807, 2.05) is 18.2 Å². The fourth-order valence-electron chi connectivity index (χ4n) is 4.88. The van der Waals surface area contributed by atoms with Gasteiger partial charge in [-0.15, -0.1) is 11.8 Å². The normalized spacial score (nSPS) is 21.8. The molecule has 3 atom stereocenters. The molecule has 34 heavy (non-hydrogen) atoms. The van der Waals surface area contributed by atoms with Gasteiger partial charge in [0.15, 0.2) is 0 Å². The molecular weight excluding hydrogens is 470 g/mol. The van der Waals surface area contributed by atoms with E-state index in [-0.39, 0.29) is 22.8 Å². The van der Waals surface area contributed by atoms with Crippen molar-refractivity contribution < 1.29 is 13.2 Å². The Hall–Kier alpha value is -2.66. The summed E-state index contributed by atoms with van der Waals surface area (Å²) in [4.78, 5) is 15.9. The Morgan fingerprint density at radius 1 is 1.29 bits per heavy atom. The van der Waals surface area contributed by atoms with Crippen molar-refractivity contribution in [2.24, 2.45) is 11.1 Å². The molecule has 1 unspecified atom stereocenters. The molecule has 2 aliphatic heterocycles. The molecule has 2 aliphatic rings. The summed E-state index contributed by atoms with van der Waals surface area (Å²) in [6.45, 7) is 3.12. The monoisotopic (exact) mass is 497 g/mol. The van der Waals surface area contributed by atoms with Crippen molar-refractivity contribution >= 4 is 44.3 Å². The number of benzene rings is 2. The SMILES string of the molecule is C[C@H]1CCCN1[C@H](C(=O)Nc1ccc2[nH]nc(-c3cccc(S(N)(=O)=O)c3)c2c1)C1C=CSC1. The van der Waals surface area contributed by atoms with E-state index >= 15 is 0 Å². The molecule has 3 heterocycles. The minimum atomic E-state index is -3.83. The highest BCUT2D eigenvalue weighted by molar-refractivity contribution is 8.02. The van der Waals surface area contributed by atoms with Crippen LogP contribution < -0.4 is 10.5 Å². The average Bonchev–Trinajstić information content (AvgIpc) is 3.56. The zero-order chi connectivity index (χ0) is 23.9. The van der Waals surface area contributed by atoms with E-state index in [4.69, 9.17) is 5.14 Å². The molecular formula is C24H27N5O3S2. The van der Waals surface area contributed by atoms with Gasteiger partial charge in [0.1, 0.15) is 5.69 Å². The summed E-state index contributed by atoms with van der Waals surface area (Å²) < 4.78 is 23.6. The quantitative estimate of drug-likeness (QED) is 0.479. The Morgan fingerprint density at radius 3 is 2.85 bits per heavy atom. The van der Waals surface area contributed by atoms with Crippen molar-refractivity contribution in [1.82, 2.24) is 15.1 Å². The Labute approximate surface area is 203 Å². The molecule has 178 valence electrons. The van der Waals surface area contributed by atoms with Gasteiger partial charge in [-0.2, -0.15) is 5.10 Å². The Morgan fingerprint density at radius 2 is 2.15 bits per heavy atom. The van der Waals surface area contributed by atoms with Crippen LogP contribution in [0.3, 0.4) is 0 Å². The second-order valence-electron chi connectivity index (χ2n) is 8.89. The smallest absolute Gasteiger partial charge is 0.242 e. The molecule has 10 heteroatoms. The van der Waals surface area contributed by atoms with E-state index in [0.717, 1.165) is 36.0 Å². The summed E-state index contributed by atoms with van der Waals surface area (Å²) in [7, 11) is -3.83. The number of amides is 1. The molecule has 0 radical (unpaired) electrons. The summed E-state index contributed by atoms with van der Waals surface area (Å²) >= 11 is 1.75. The molecule has 0 aliphatic carbocycles. The van der Waals surface area contributed by atoms with Crippen LogP contribution in [0, 0.1) is 5.92 Å². The summed E-state index contributed by atoms with van der Waals surface area (Å²) in [6.07, 6.45) is 4.36. The summed E-state index contributed by atoms with van der Waals surface area (Å²) in [5.41, 5.74) is 2.68. The van der Waals surface area contributed by atoms with E-state index in [1.54, 1.807) is 23.9 Å². The first-order valence-corrected chi connectivity index (χ1v) is 13.9. The Bertz CT molecular complexity index is 1370. The molecule has 0 bridgehead atoms. The second-order valence-corrected chi connectivity index (χ2v) is 11.4. The topological polar surface area (TPSA) is 121 Å². The van der Waals surface area contributed by atoms with Crippen LogP contribution in [0.1, 0.15) is 19.8 Å². The van der Waals surface area contributed by atoms with Crippen LogP contribution in [-0.4, -0.2) is 53.8 Å². The summed E-state index contributed by atoms with van der Waals surface area (Å²) in [5.74, 6) is 1.08. The number of H-pyrrole nitrogens is 1. The highest BCUT2D eigenvalue weighted by Gasteiger charge is 2.38. The zero-order valence-corrected chi connectivity index (χ0v) is 20.4. The zero-order valence-electron chi connectivity index (χ0n) is 18.8. The van der Waals surface area contributed by atoms with Gasteiger partial charge in [0, 0.05) is 34.3 Å². The lowest BCUT2D eigenvalue weighted by atomic mass is 9.98. The molecule has 8 nitrogen and oxygen atoms in total. The molecule has 1 saturated heterocycles. The third kappa shape index (κ3) is 4.50. The van der Waals surface area contributed by atoms with Crippen molar-refractivity contribution in [3.8, 4) is 11.3 Å². The summed E-state index contributed by atoms with van der Waals surface area (Å²) in [6, 6.07) is 12.1. The van der Waals surface area contributed by atoms with Gasteiger partial charge in [-0.1, -0.05) is 18.2 Å². The van der Waals surface area contributed by atoms with Crippen LogP contribution >= 0.6 is 11.8 Å². The number of fused-ring (bicyclic) bond motifs is 1. The predicted octanol–water partition coefficient (Wildman–Crippen LogP) is 3.55. The van der Waals surface area contributed by atoms with Gasteiger partial charge < -0.3 is 5.32 Å². The molecule has 1 amide bonds. The van der Waals surface area contributed by atoms with Crippen LogP contribution in [0.25, 0.3) is 22.2 Å². The number of hydrogen-bond acceptors (Lipinski definition) is 6. The largest absolute Gasteiger partial charge is 0.325 e. The van der Waals surface area contributed by atoms with E-state index < -0.39 is 10.0 Å². The number of nitrogens with zero attached hydrogens (tertiary/aromatic N) is 2. The highest BCUT2D eigenvalue weighted by atomic mass is 32.2.